The second-order valence-electron chi connectivity index (χ2n) is 6.80. The van der Waals surface area contributed by atoms with Crippen LogP contribution in [0, 0.1) is 0 Å². The lowest BCUT2D eigenvalue weighted by atomic mass is 10.1. The van der Waals surface area contributed by atoms with Crippen LogP contribution >= 0.6 is 24.0 Å². The Kier molecular flexibility index (Phi) is 7.98. The largest absolute Gasteiger partial charge is 0.416 e. The predicted molar refractivity (Wildman–Crippen MR) is 109 cm³/mol. The topological polar surface area (TPSA) is 49.4 Å². The molecule has 0 aliphatic carbocycles. The van der Waals surface area contributed by atoms with Gasteiger partial charge < -0.3 is 0 Å². The minimum atomic E-state index is -4.64. The van der Waals surface area contributed by atoms with E-state index in [4.69, 9.17) is 11.6 Å². The summed E-state index contributed by atoms with van der Waals surface area (Å²) in [6.07, 6.45) is -3.50. The molecule has 1 aliphatic heterocycles. The van der Waals surface area contributed by atoms with Gasteiger partial charge in [0.1, 0.15) is 4.90 Å². The summed E-state index contributed by atoms with van der Waals surface area (Å²) < 4.78 is 66.4. The van der Waals surface area contributed by atoms with E-state index in [1.165, 1.54) is 5.56 Å². The first-order valence-corrected chi connectivity index (χ1v) is 10.7. The van der Waals surface area contributed by atoms with E-state index in [9.17, 15) is 21.6 Å². The molecule has 10 heteroatoms. The fraction of sp³-hybridized carbons (Fsp3) is 0.368. The normalized spacial score (nSPS) is 16.4. The van der Waals surface area contributed by atoms with Gasteiger partial charge in [0.25, 0.3) is 0 Å². The molecular weight excluding hydrogens is 448 g/mol. The van der Waals surface area contributed by atoms with Crippen LogP contribution in [0.5, 0.6) is 0 Å². The van der Waals surface area contributed by atoms with Crippen LogP contribution < -0.4 is 4.72 Å². The van der Waals surface area contributed by atoms with Gasteiger partial charge in [-0.3, -0.25) is 4.90 Å². The Morgan fingerprint density at radius 1 is 1.07 bits per heavy atom. The van der Waals surface area contributed by atoms with Crippen molar-refractivity contribution < 1.29 is 21.6 Å². The molecule has 1 saturated heterocycles. The molecule has 29 heavy (non-hydrogen) atoms. The third-order valence-electron chi connectivity index (χ3n) is 4.71. The second kappa shape index (κ2) is 9.66. The molecule has 0 radical (unpaired) electrons. The Hall–Kier alpha value is -1.32. The van der Waals surface area contributed by atoms with Gasteiger partial charge in [-0.2, -0.15) is 13.2 Å². The van der Waals surface area contributed by atoms with Crippen molar-refractivity contribution in [3.63, 3.8) is 0 Å². The third kappa shape index (κ3) is 6.33. The number of nitrogens with zero attached hydrogens (tertiary/aromatic N) is 1. The fourth-order valence-corrected chi connectivity index (χ4v) is 5.05. The van der Waals surface area contributed by atoms with Crippen LogP contribution in [0.25, 0.3) is 0 Å². The lowest BCUT2D eigenvalue weighted by Gasteiger charge is -2.32. The van der Waals surface area contributed by atoms with E-state index in [0.29, 0.717) is 32.0 Å². The predicted octanol–water partition coefficient (Wildman–Crippen LogP) is 4.72. The third-order valence-corrected chi connectivity index (χ3v) is 6.71. The quantitative estimate of drug-likeness (QED) is 0.690. The molecule has 0 bridgehead atoms. The van der Waals surface area contributed by atoms with Crippen molar-refractivity contribution in [3.05, 3.63) is 64.7 Å². The van der Waals surface area contributed by atoms with Gasteiger partial charge in [0.2, 0.25) is 10.0 Å². The van der Waals surface area contributed by atoms with Crippen LogP contribution in [-0.4, -0.2) is 32.4 Å². The zero-order valence-corrected chi connectivity index (χ0v) is 17.7. The molecule has 0 saturated carbocycles. The Labute approximate surface area is 179 Å². The summed E-state index contributed by atoms with van der Waals surface area (Å²) in [5.41, 5.74) is 0.132. The Bertz CT molecular complexity index is 917. The zero-order valence-electron chi connectivity index (χ0n) is 15.3. The minimum absolute atomic E-state index is 0. The number of piperidine rings is 1. The molecule has 2 aromatic carbocycles. The summed E-state index contributed by atoms with van der Waals surface area (Å²) in [6.45, 7) is 2.16. The molecular formula is C19H21Cl2F3N2O2S. The number of halogens is 5. The smallest absolute Gasteiger partial charge is 0.299 e. The molecule has 2 aromatic rings. The van der Waals surface area contributed by atoms with Gasteiger partial charge in [0.15, 0.2) is 0 Å². The van der Waals surface area contributed by atoms with E-state index < -0.39 is 26.7 Å². The molecule has 1 heterocycles. The van der Waals surface area contributed by atoms with Crippen molar-refractivity contribution in [3.8, 4) is 0 Å². The van der Waals surface area contributed by atoms with Crippen molar-refractivity contribution in [2.24, 2.45) is 0 Å². The minimum Gasteiger partial charge on any atom is -0.299 e. The van der Waals surface area contributed by atoms with Gasteiger partial charge in [-0.25, -0.2) is 13.1 Å². The molecule has 0 unspecified atom stereocenters. The molecule has 3 rings (SSSR count). The van der Waals surface area contributed by atoms with Crippen LogP contribution in [-0.2, 0) is 22.7 Å². The molecule has 0 amide bonds. The van der Waals surface area contributed by atoms with E-state index >= 15 is 0 Å². The maximum Gasteiger partial charge on any atom is 0.416 e. The summed E-state index contributed by atoms with van der Waals surface area (Å²) in [5, 5.41) is -0.234. The molecule has 0 aromatic heterocycles. The molecule has 4 nitrogen and oxygen atoms in total. The standard InChI is InChI=1S/C19H20ClF3N2O2S.ClH/c20-17-7-6-15(19(21,22)23)12-18(17)28(26,27)24-16-8-10-25(11-9-16)13-14-4-2-1-3-5-14;/h1-7,12,16,24H,8-11,13H2;1H. The van der Waals surface area contributed by atoms with E-state index in [2.05, 4.69) is 9.62 Å². The monoisotopic (exact) mass is 468 g/mol. The fourth-order valence-electron chi connectivity index (χ4n) is 3.22. The first kappa shape index (κ1) is 24.0. The lowest BCUT2D eigenvalue weighted by Crippen LogP contribution is -2.44. The Morgan fingerprint density at radius 2 is 1.69 bits per heavy atom. The van der Waals surface area contributed by atoms with Crippen LogP contribution in [0.15, 0.2) is 53.4 Å². The Morgan fingerprint density at radius 3 is 2.28 bits per heavy atom. The first-order chi connectivity index (χ1) is 13.1. The number of nitrogens with one attached hydrogen (secondary N) is 1. The summed E-state index contributed by atoms with van der Waals surface area (Å²) in [7, 11) is -4.15. The van der Waals surface area contributed by atoms with Gasteiger partial charge >= 0.3 is 6.18 Å². The molecule has 160 valence electrons. The number of rotatable bonds is 5. The van der Waals surface area contributed by atoms with Gasteiger partial charge in [-0.1, -0.05) is 41.9 Å². The van der Waals surface area contributed by atoms with E-state index in [1.54, 1.807) is 0 Å². The maximum absolute atomic E-state index is 12.9. The SMILES string of the molecule is Cl.O=S(=O)(NC1CCN(Cc2ccccc2)CC1)c1cc(C(F)(F)F)ccc1Cl. The van der Waals surface area contributed by atoms with Gasteiger partial charge in [0.05, 0.1) is 10.6 Å². The van der Waals surface area contributed by atoms with Crippen molar-refractivity contribution in [2.75, 3.05) is 13.1 Å². The first-order valence-electron chi connectivity index (χ1n) is 8.80. The van der Waals surface area contributed by atoms with Crippen molar-refractivity contribution >= 4 is 34.0 Å². The number of hydrogen-bond acceptors (Lipinski definition) is 3. The van der Waals surface area contributed by atoms with Crippen molar-refractivity contribution in [2.45, 2.75) is 36.5 Å². The van der Waals surface area contributed by atoms with E-state index in [0.717, 1.165) is 18.7 Å². The maximum atomic E-state index is 12.9. The van der Waals surface area contributed by atoms with E-state index in [-0.39, 0.29) is 23.5 Å². The highest BCUT2D eigenvalue weighted by Gasteiger charge is 2.33. The molecule has 1 aliphatic rings. The summed E-state index contributed by atoms with van der Waals surface area (Å²) >= 11 is 5.87. The summed E-state index contributed by atoms with van der Waals surface area (Å²) in [6, 6.07) is 11.9. The van der Waals surface area contributed by atoms with Crippen LogP contribution in [0.3, 0.4) is 0 Å². The zero-order chi connectivity index (χ0) is 20.4. The molecule has 1 fully saturated rings. The number of alkyl halides is 3. The number of likely N-dealkylation sites (tertiary alicyclic amines) is 1. The Balaban J connectivity index is 0.00000300. The number of benzene rings is 2. The highest BCUT2D eigenvalue weighted by Crippen LogP contribution is 2.33. The van der Waals surface area contributed by atoms with E-state index in [1.807, 2.05) is 30.3 Å². The van der Waals surface area contributed by atoms with Crippen molar-refractivity contribution in [1.29, 1.82) is 0 Å². The van der Waals surface area contributed by atoms with Crippen LogP contribution in [0.1, 0.15) is 24.0 Å². The average molecular weight is 469 g/mol. The number of hydrogen-bond donors (Lipinski definition) is 1. The lowest BCUT2D eigenvalue weighted by molar-refractivity contribution is -0.137. The van der Waals surface area contributed by atoms with Gasteiger partial charge in [0, 0.05) is 25.7 Å². The number of sulfonamides is 1. The highest BCUT2D eigenvalue weighted by atomic mass is 35.5. The van der Waals surface area contributed by atoms with Gasteiger partial charge in [-0.05, 0) is 36.6 Å². The second-order valence-corrected chi connectivity index (χ2v) is 8.89. The molecule has 0 atom stereocenters. The molecule has 0 spiro atoms. The summed E-state index contributed by atoms with van der Waals surface area (Å²) in [4.78, 5) is 1.67. The van der Waals surface area contributed by atoms with Crippen molar-refractivity contribution in [1.82, 2.24) is 9.62 Å². The highest BCUT2D eigenvalue weighted by molar-refractivity contribution is 7.89. The summed E-state index contributed by atoms with van der Waals surface area (Å²) in [5.74, 6) is 0. The van der Waals surface area contributed by atoms with Crippen LogP contribution in [0.4, 0.5) is 13.2 Å². The molecule has 1 N–H and O–H groups in total. The van der Waals surface area contributed by atoms with Crippen LogP contribution in [0.2, 0.25) is 5.02 Å². The average Bonchev–Trinajstić information content (AvgIpc) is 2.63. The van der Waals surface area contributed by atoms with Gasteiger partial charge in [-0.15, -0.1) is 12.4 Å².